The lowest BCUT2D eigenvalue weighted by Gasteiger charge is -2.32. The van der Waals surface area contributed by atoms with Crippen molar-refractivity contribution in [3.63, 3.8) is 0 Å². The highest BCUT2D eigenvalue weighted by molar-refractivity contribution is 5.90. The Morgan fingerprint density at radius 3 is 1.71 bits per heavy atom. The van der Waals surface area contributed by atoms with E-state index >= 15 is 0 Å². The van der Waals surface area contributed by atoms with Crippen LogP contribution in [-0.4, -0.2) is 47.4 Å². The molecule has 6 aromatic carbocycles. The molecule has 9 heteroatoms. The fourth-order valence-corrected chi connectivity index (χ4v) is 7.44. The van der Waals surface area contributed by atoms with Crippen molar-refractivity contribution in [1.82, 2.24) is 15.0 Å². The Morgan fingerprint density at radius 2 is 1.16 bits per heavy atom. The fraction of sp³-hybridized carbons (Fsp3) is 0.208. The number of phenolic OH excluding ortho intramolecular Hbond substituents is 2. The lowest BCUT2D eigenvalue weighted by Crippen LogP contribution is -2.28. The summed E-state index contributed by atoms with van der Waals surface area (Å²) in [6.45, 7) is 10.2. The molecule has 1 aromatic heterocycles. The number of phenols is 2. The van der Waals surface area contributed by atoms with E-state index in [-0.39, 0.29) is 23.2 Å². The molecular formula is C53H53N3O6. The van der Waals surface area contributed by atoms with Gasteiger partial charge in [0.15, 0.2) is 0 Å². The van der Waals surface area contributed by atoms with Crippen LogP contribution < -0.4 is 0 Å². The summed E-state index contributed by atoms with van der Waals surface area (Å²) in [4.78, 5) is 22.9. The Labute approximate surface area is 363 Å². The summed E-state index contributed by atoms with van der Waals surface area (Å²) in [5, 5.41) is 48.1. The number of hydrogen-bond donors (Lipinski definition) is 4. The number of carboxylic acids is 2. The van der Waals surface area contributed by atoms with Gasteiger partial charge in [0.2, 0.25) is 0 Å². The molecule has 0 amide bonds. The molecule has 4 N–H and O–H groups in total. The number of carbonyl (C=O) groups is 2. The first-order chi connectivity index (χ1) is 29.6. The molecule has 0 aliphatic heterocycles. The second-order valence-corrected chi connectivity index (χ2v) is 16.7. The van der Waals surface area contributed by atoms with Crippen molar-refractivity contribution >= 4 is 23.0 Å². The van der Waals surface area contributed by atoms with Crippen molar-refractivity contribution in [2.75, 3.05) is 0 Å². The number of nitrogens with zero attached hydrogens (tertiary/aromatic N) is 3. The number of hydrogen-bond acceptors (Lipinski definition) is 6. The summed E-state index contributed by atoms with van der Waals surface area (Å²) in [6, 6.07) is 50.5. The lowest BCUT2D eigenvalue weighted by atomic mass is 9.72. The van der Waals surface area contributed by atoms with E-state index in [1.165, 1.54) is 36.3 Å². The van der Waals surface area contributed by atoms with Gasteiger partial charge in [0.1, 0.15) is 28.2 Å². The molecule has 0 fully saturated rings. The number of benzene rings is 6. The first kappa shape index (κ1) is 44.3. The normalized spacial score (nSPS) is 14.8. The van der Waals surface area contributed by atoms with Crippen LogP contribution in [0.3, 0.4) is 0 Å². The largest absolute Gasteiger partial charge is 0.508 e. The number of fused-ring (bicyclic) bond motifs is 1. The number of para-hydroxylation sites is 1. The van der Waals surface area contributed by atoms with Gasteiger partial charge in [-0.05, 0) is 78.3 Å². The highest BCUT2D eigenvalue weighted by atomic mass is 16.4. The summed E-state index contributed by atoms with van der Waals surface area (Å²) < 4.78 is 0. The molecular weight excluding hydrogens is 775 g/mol. The Balaban J connectivity index is 0.000000188. The van der Waals surface area contributed by atoms with Gasteiger partial charge in [0, 0.05) is 22.0 Å². The van der Waals surface area contributed by atoms with E-state index in [1.807, 2.05) is 91.0 Å². The molecule has 316 valence electrons. The van der Waals surface area contributed by atoms with Crippen molar-refractivity contribution in [2.24, 2.45) is 5.41 Å². The van der Waals surface area contributed by atoms with Gasteiger partial charge in [-0.2, -0.15) is 0 Å². The van der Waals surface area contributed by atoms with E-state index < -0.39 is 22.8 Å². The quantitative estimate of drug-likeness (QED) is 0.107. The standard InChI is InChI=1S/C30H29N3O.C14H14O.C9H10O4/c1-29(2,21-13-7-5-8-14-21)23-19-24(30(3,4)22-15-9-6-10-16-22)28(34)27(20-23)33-31-25-17-11-12-18-26(25)32-33;15-14-9-5-4-8-13(14)11-10-12-6-2-1-3-7-12;1-9(8(12)13)4-2-3-6(5-9)7(10)11/h5-20,34H,1-4H3;1-9,15H,10-11H2;2-4H,5H2,1H3,(H,10,11)(H,12,13). The van der Waals surface area contributed by atoms with Gasteiger partial charge in [-0.3, -0.25) is 4.79 Å². The van der Waals surface area contributed by atoms with Crippen LogP contribution in [0.4, 0.5) is 0 Å². The van der Waals surface area contributed by atoms with Gasteiger partial charge in [0.05, 0.1) is 5.41 Å². The molecule has 1 aliphatic carbocycles. The molecule has 0 saturated carbocycles. The van der Waals surface area contributed by atoms with E-state index in [9.17, 15) is 19.8 Å². The van der Waals surface area contributed by atoms with E-state index in [2.05, 4.69) is 92.5 Å². The molecule has 9 nitrogen and oxygen atoms in total. The number of carboxylic acid groups (broad SMARTS) is 2. The van der Waals surface area contributed by atoms with Crippen molar-refractivity contribution in [3.8, 4) is 17.2 Å². The summed E-state index contributed by atoms with van der Waals surface area (Å²) in [5.74, 6) is -1.47. The highest BCUT2D eigenvalue weighted by Crippen LogP contribution is 2.44. The number of rotatable bonds is 10. The summed E-state index contributed by atoms with van der Waals surface area (Å²) >= 11 is 0. The van der Waals surface area contributed by atoms with Crippen LogP contribution in [0, 0.1) is 5.41 Å². The minimum absolute atomic E-state index is 0.0359. The maximum absolute atomic E-state index is 11.6. The summed E-state index contributed by atoms with van der Waals surface area (Å²) in [6.07, 6.45) is 6.29. The molecule has 0 radical (unpaired) electrons. The fourth-order valence-electron chi connectivity index (χ4n) is 7.44. The highest BCUT2D eigenvalue weighted by Gasteiger charge is 2.35. The SMILES string of the molecule is CC(C)(c1ccccc1)c1cc(-n2nc3ccccc3n2)c(O)c(C(C)(C)c2ccccc2)c1.CC1(C(=O)O)C=CC=C(C(=O)O)C1.Oc1ccccc1CCc1ccccc1. The predicted octanol–water partition coefficient (Wildman–Crippen LogP) is 11.0. The summed E-state index contributed by atoms with van der Waals surface area (Å²) in [7, 11) is 0. The average Bonchev–Trinajstić information content (AvgIpc) is 3.72. The molecule has 0 bridgehead atoms. The van der Waals surface area contributed by atoms with E-state index in [4.69, 9.17) is 10.2 Å². The van der Waals surface area contributed by atoms with Crippen LogP contribution in [0.5, 0.6) is 11.5 Å². The van der Waals surface area contributed by atoms with E-state index in [0.717, 1.165) is 46.1 Å². The van der Waals surface area contributed by atoms with Gasteiger partial charge in [-0.1, -0.05) is 173 Å². The van der Waals surface area contributed by atoms with E-state index in [1.54, 1.807) is 10.9 Å². The molecule has 1 atom stereocenters. The minimum atomic E-state index is -1.08. The van der Waals surface area contributed by atoms with Crippen LogP contribution >= 0.6 is 0 Å². The van der Waals surface area contributed by atoms with Gasteiger partial charge in [-0.15, -0.1) is 15.0 Å². The second-order valence-electron chi connectivity index (χ2n) is 16.7. The smallest absolute Gasteiger partial charge is 0.331 e. The minimum Gasteiger partial charge on any atom is -0.508 e. The lowest BCUT2D eigenvalue weighted by molar-refractivity contribution is -0.145. The molecule has 0 saturated heterocycles. The molecule has 1 unspecified atom stereocenters. The molecule has 1 aliphatic rings. The van der Waals surface area contributed by atoms with E-state index in [0.29, 0.717) is 11.4 Å². The molecule has 1 heterocycles. The zero-order valence-corrected chi connectivity index (χ0v) is 35.7. The van der Waals surface area contributed by atoms with Crippen LogP contribution in [0.1, 0.15) is 74.4 Å². The number of aliphatic carboxylic acids is 2. The first-order valence-corrected chi connectivity index (χ1v) is 20.6. The van der Waals surface area contributed by atoms with Crippen molar-refractivity contribution in [1.29, 1.82) is 0 Å². The maximum Gasteiger partial charge on any atom is 0.331 e. The van der Waals surface area contributed by atoms with Gasteiger partial charge >= 0.3 is 11.9 Å². The maximum atomic E-state index is 11.6. The number of allylic oxidation sites excluding steroid dienone is 2. The molecule has 62 heavy (non-hydrogen) atoms. The number of aromatic nitrogens is 3. The number of aromatic hydroxyl groups is 2. The Kier molecular flexibility index (Phi) is 13.6. The molecule has 7 aromatic rings. The molecule has 8 rings (SSSR count). The van der Waals surface area contributed by atoms with Crippen molar-refractivity contribution in [3.05, 3.63) is 209 Å². The Hall–Kier alpha value is -7.26. The number of aryl methyl sites for hydroxylation is 2. The van der Waals surface area contributed by atoms with Crippen LogP contribution in [-0.2, 0) is 33.3 Å². The predicted molar refractivity (Wildman–Crippen MR) is 245 cm³/mol. The van der Waals surface area contributed by atoms with Crippen molar-refractivity contribution in [2.45, 2.75) is 64.7 Å². The van der Waals surface area contributed by atoms with Crippen LogP contribution in [0.25, 0.3) is 16.7 Å². The topological polar surface area (TPSA) is 146 Å². The Bertz CT molecular complexity index is 2670. The summed E-state index contributed by atoms with van der Waals surface area (Å²) in [5.41, 5.74) is 7.07. The van der Waals surface area contributed by atoms with Crippen LogP contribution in [0.15, 0.2) is 175 Å². The monoisotopic (exact) mass is 827 g/mol. The average molecular weight is 828 g/mol. The first-order valence-electron chi connectivity index (χ1n) is 20.6. The molecule has 0 spiro atoms. The Morgan fingerprint density at radius 1 is 0.645 bits per heavy atom. The third-order valence-corrected chi connectivity index (χ3v) is 11.6. The van der Waals surface area contributed by atoms with Gasteiger partial charge in [0.25, 0.3) is 0 Å². The third-order valence-electron chi connectivity index (χ3n) is 11.6. The second kappa shape index (κ2) is 19.0. The van der Waals surface area contributed by atoms with Crippen molar-refractivity contribution < 1.29 is 30.0 Å². The zero-order chi connectivity index (χ0) is 44.5. The zero-order valence-electron chi connectivity index (χ0n) is 35.7. The van der Waals surface area contributed by atoms with Gasteiger partial charge < -0.3 is 20.4 Å². The third kappa shape index (κ3) is 10.2. The van der Waals surface area contributed by atoms with Crippen LogP contribution in [0.2, 0.25) is 0 Å². The van der Waals surface area contributed by atoms with Gasteiger partial charge in [-0.25, -0.2) is 4.79 Å².